The Hall–Kier alpha value is -7.23. The van der Waals surface area contributed by atoms with Crippen LogP contribution in [0.1, 0.15) is 31.1 Å². The van der Waals surface area contributed by atoms with E-state index < -0.39 is 112 Å². The second kappa shape index (κ2) is 22.9. The molecule has 3 amide bonds. The number of benzene rings is 3. The average molecular weight is 798 g/mol. The van der Waals surface area contributed by atoms with Crippen molar-refractivity contribution >= 4 is 70.6 Å². The van der Waals surface area contributed by atoms with Crippen molar-refractivity contribution in [3.63, 3.8) is 0 Å². The summed E-state index contributed by atoms with van der Waals surface area (Å²) in [6.07, 6.45) is -1.52. The van der Waals surface area contributed by atoms with E-state index in [1.165, 1.54) is 72.8 Å². The van der Waals surface area contributed by atoms with Crippen molar-refractivity contribution in [1.82, 2.24) is 0 Å². The van der Waals surface area contributed by atoms with Crippen LogP contribution < -0.4 is 16.0 Å². The van der Waals surface area contributed by atoms with Gasteiger partial charge < -0.3 is 59.7 Å². The van der Waals surface area contributed by atoms with Gasteiger partial charge >= 0.3 is 35.8 Å². The topological polar surface area (TPSA) is 306 Å². The number of nitrogens with one attached hydrogen (secondary N) is 3. The molecular formula is C36H35N3O18. The quantitative estimate of drug-likeness (QED) is 0.0611. The van der Waals surface area contributed by atoms with Crippen molar-refractivity contribution in [1.29, 1.82) is 0 Å². The number of carbonyl (C=O) groups is 9. The smallest absolute Gasteiger partial charge is 0.344 e. The van der Waals surface area contributed by atoms with E-state index in [-0.39, 0.29) is 33.8 Å². The van der Waals surface area contributed by atoms with Crippen LogP contribution in [0, 0.1) is 0 Å². The summed E-state index contributed by atoms with van der Waals surface area (Å²) in [4.78, 5) is 108. The Kier molecular flexibility index (Phi) is 17.7. The largest absolute Gasteiger partial charge is 0.459 e. The molecule has 0 aromatic heterocycles. The lowest BCUT2D eigenvalue weighted by molar-refractivity contribution is -0.170. The lowest BCUT2D eigenvalue weighted by Crippen LogP contribution is -2.33. The highest BCUT2D eigenvalue weighted by molar-refractivity contribution is 5.96. The highest BCUT2D eigenvalue weighted by atomic mass is 16.6. The normalized spacial score (nSPS) is 10.3. The number of aliphatic hydroxyl groups is 3. The van der Waals surface area contributed by atoms with Gasteiger partial charge in [-0.15, -0.1) is 0 Å². The van der Waals surface area contributed by atoms with Crippen LogP contribution in [0.5, 0.6) is 0 Å². The SMILES string of the molecule is O=C(CO)Nc1ccc(C(=O)OCC(=O)OCC(COC(=O)COC(=O)c2ccc(NC(=O)CO)cc2)OC(=O)COC(=O)c2ccc(NC(=O)CO)cc2)cc1. The van der Waals surface area contributed by atoms with Gasteiger partial charge in [0.25, 0.3) is 0 Å². The molecule has 0 heterocycles. The van der Waals surface area contributed by atoms with Crippen molar-refractivity contribution in [2.24, 2.45) is 0 Å². The van der Waals surface area contributed by atoms with Crippen LogP contribution in [0.15, 0.2) is 72.8 Å². The molecule has 3 rings (SSSR count). The van der Waals surface area contributed by atoms with E-state index in [4.69, 9.17) is 43.7 Å². The van der Waals surface area contributed by atoms with Crippen molar-refractivity contribution in [2.75, 3.05) is 68.8 Å². The van der Waals surface area contributed by atoms with Crippen molar-refractivity contribution in [3.8, 4) is 0 Å². The number of carbonyl (C=O) groups excluding carboxylic acids is 9. The number of anilines is 3. The van der Waals surface area contributed by atoms with E-state index in [1.807, 2.05) is 0 Å². The van der Waals surface area contributed by atoms with Crippen molar-refractivity contribution in [3.05, 3.63) is 89.5 Å². The van der Waals surface area contributed by atoms with Gasteiger partial charge in [0.05, 0.1) is 16.7 Å². The third kappa shape index (κ3) is 16.0. The summed E-state index contributed by atoms with van der Waals surface area (Å²) < 4.78 is 29.9. The highest BCUT2D eigenvalue weighted by Gasteiger charge is 2.22. The first-order valence-electron chi connectivity index (χ1n) is 16.3. The Morgan fingerprint density at radius 1 is 0.421 bits per heavy atom. The maximum Gasteiger partial charge on any atom is 0.344 e. The first-order valence-corrected chi connectivity index (χ1v) is 16.3. The fourth-order valence-corrected chi connectivity index (χ4v) is 4.09. The molecule has 21 heteroatoms. The molecule has 0 spiro atoms. The fraction of sp³-hybridized carbons (Fsp3) is 0.250. The molecule has 0 saturated carbocycles. The maximum atomic E-state index is 12.6. The molecule has 0 aliphatic carbocycles. The molecule has 0 aliphatic rings. The minimum atomic E-state index is -1.52. The van der Waals surface area contributed by atoms with Crippen LogP contribution in [0.4, 0.5) is 17.1 Å². The average Bonchev–Trinajstić information content (AvgIpc) is 3.22. The second-order valence-corrected chi connectivity index (χ2v) is 11.1. The minimum Gasteiger partial charge on any atom is -0.459 e. The number of hydrogen-bond acceptors (Lipinski definition) is 18. The number of rotatable bonds is 20. The van der Waals surface area contributed by atoms with Crippen LogP contribution >= 0.6 is 0 Å². The maximum absolute atomic E-state index is 12.6. The van der Waals surface area contributed by atoms with E-state index in [2.05, 4.69) is 16.0 Å². The summed E-state index contributed by atoms with van der Waals surface area (Å²) in [5, 5.41) is 33.5. The van der Waals surface area contributed by atoms with Gasteiger partial charge in [-0.3, -0.25) is 14.4 Å². The van der Waals surface area contributed by atoms with Gasteiger partial charge in [-0.25, -0.2) is 28.8 Å². The Morgan fingerprint density at radius 3 is 0.982 bits per heavy atom. The monoisotopic (exact) mass is 797 g/mol. The zero-order valence-corrected chi connectivity index (χ0v) is 29.6. The van der Waals surface area contributed by atoms with Crippen LogP contribution in [0.2, 0.25) is 0 Å². The van der Waals surface area contributed by atoms with Crippen LogP contribution in [0.3, 0.4) is 0 Å². The molecule has 3 aromatic carbocycles. The zero-order valence-electron chi connectivity index (χ0n) is 29.6. The molecule has 0 radical (unpaired) electrons. The summed E-state index contributed by atoms with van der Waals surface area (Å²) in [5.74, 6) is -8.35. The summed E-state index contributed by atoms with van der Waals surface area (Å²) >= 11 is 0. The Labute approximate surface area is 321 Å². The lowest BCUT2D eigenvalue weighted by atomic mass is 10.2. The number of esters is 6. The summed E-state index contributed by atoms with van der Waals surface area (Å²) in [5.41, 5.74) is 0.775. The third-order valence-corrected chi connectivity index (χ3v) is 6.77. The molecule has 57 heavy (non-hydrogen) atoms. The first-order chi connectivity index (χ1) is 27.3. The molecular weight excluding hydrogens is 762 g/mol. The highest BCUT2D eigenvalue weighted by Crippen LogP contribution is 2.13. The Morgan fingerprint density at radius 2 is 0.702 bits per heavy atom. The predicted octanol–water partition coefficient (Wildman–Crippen LogP) is -0.652. The number of ether oxygens (including phenoxy) is 6. The van der Waals surface area contributed by atoms with Gasteiger partial charge in [-0.1, -0.05) is 0 Å². The predicted molar refractivity (Wildman–Crippen MR) is 189 cm³/mol. The van der Waals surface area contributed by atoms with Gasteiger partial charge in [0.2, 0.25) is 17.7 Å². The summed E-state index contributed by atoms with van der Waals surface area (Å²) in [6, 6.07) is 15.7. The number of aliphatic hydroxyl groups excluding tert-OH is 3. The zero-order chi connectivity index (χ0) is 41.7. The van der Waals surface area contributed by atoms with Crippen LogP contribution in [-0.2, 0) is 57.2 Å². The van der Waals surface area contributed by atoms with E-state index in [0.717, 1.165) is 0 Å². The van der Waals surface area contributed by atoms with Crippen molar-refractivity contribution in [2.45, 2.75) is 6.10 Å². The Balaban J connectivity index is 1.54. The number of hydrogen-bond donors (Lipinski definition) is 6. The summed E-state index contributed by atoms with van der Waals surface area (Å²) in [7, 11) is 0. The standard InChI is InChI=1S/C36H35N3O18/c40-13-28(43)37-24-7-1-21(2-8-24)34(49)54-18-31(46)52-16-27(57-33(48)20-56-36(51)23-5-11-26(12-6-23)39-30(45)15-42)17-53-32(47)19-55-35(50)22-3-9-25(10-4-22)38-29(44)14-41/h1-12,27,40-42H,13-20H2,(H,37,43)(H,38,44)(H,39,45). The molecule has 3 aromatic rings. The van der Waals surface area contributed by atoms with Gasteiger partial charge in [-0.2, -0.15) is 0 Å². The Bertz CT molecular complexity index is 1820. The lowest BCUT2D eigenvalue weighted by Gasteiger charge is -2.18. The molecule has 0 fully saturated rings. The van der Waals surface area contributed by atoms with E-state index in [1.54, 1.807) is 0 Å². The van der Waals surface area contributed by atoms with Gasteiger partial charge in [0.15, 0.2) is 25.9 Å². The van der Waals surface area contributed by atoms with E-state index >= 15 is 0 Å². The van der Waals surface area contributed by atoms with E-state index in [9.17, 15) is 43.2 Å². The van der Waals surface area contributed by atoms with Crippen molar-refractivity contribution < 1.29 is 86.9 Å². The molecule has 302 valence electrons. The fourth-order valence-electron chi connectivity index (χ4n) is 4.09. The van der Waals surface area contributed by atoms with Gasteiger partial charge in [0, 0.05) is 17.1 Å². The van der Waals surface area contributed by atoms with Crippen LogP contribution in [-0.4, -0.2) is 128 Å². The molecule has 0 saturated heterocycles. The third-order valence-electron chi connectivity index (χ3n) is 6.77. The van der Waals surface area contributed by atoms with Gasteiger partial charge in [-0.05, 0) is 72.8 Å². The van der Waals surface area contributed by atoms with Crippen LogP contribution in [0.25, 0.3) is 0 Å². The molecule has 0 atom stereocenters. The molecule has 0 bridgehead atoms. The first kappa shape index (κ1) is 44.2. The number of amides is 3. The van der Waals surface area contributed by atoms with Gasteiger partial charge in [0.1, 0.15) is 33.0 Å². The molecule has 21 nitrogen and oxygen atoms in total. The van der Waals surface area contributed by atoms with E-state index in [0.29, 0.717) is 0 Å². The second-order valence-electron chi connectivity index (χ2n) is 11.1. The molecule has 6 N–H and O–H groups in total. The minimum absolute atomic E-state index is 0.00766. The molecule has 0 unspecified atom stereocenters. The summed E-state index contributed by atoms with van der Waals surface area (Å²) in [6.45, 7) is -6.56. The molecule has 0 aliphatic heterocycles.